The van der Waals surface area contributed by atoms with Crippen LogP contribution < -0.4 is 5.32 Å². The molecule has 0 spiro atoms. The van der Waals surface area contributed by atoms with E-state index in [9.17, 15) is 0 Å². The molecule has 0 amide bonds. The molecule has 0 saturated carbocycles. The molecule has 1 atom stereocenters. The quantitative estimate of drug-likeness (QED) is 0.890. The lowest BCUT2D eigenvalue weighted by Crippen LogP contribution is -2.34. The number of likely N-dealkylation sites (tertiary alicyclic amines) is 1. The van der Waals surface area contributed by atoms with E-state index < -0.39 is 0 Å². The zero-order chi connectivity index (χ0) is 15.6. The number of aryl methyl sites for hydroxylation is 1. The summed E-state index contributed by atoms with van der Waals surface area (Å²) >= 11 is 0. The zero-order valence-corrected chi connectivity index (χ0v) is 14.6. The van der Waals surface area contributed by atoms with Crippen molar-refractivity contribution >= 4 is 0 Å². The molecule has 0 radical (unpaired) electrons. The molecular weight excluding hydrogens is 260 g/mol. The van der Waals surface area contributed by atoms with Crippen LogP contribution in [0.5, 0.6) is 0 Å². The second kappa shape index (κ2) is 6.53. The molecule has 0 aliphatic carbocycles. The number of hydrogen-bond acceptors (Lipinski definition) is 3. The van der Waals surface area contributed by atoms with Crippen LogP contribution in [0.3, 0.4) is 0 Å². The Balaban J connectivity index is 1.91. The Morgan fingerprint density at radius 3 is 2.67 bits per heavy atom. The lowest BCUT2D eigenvalue weighted by molar-refractivity contribution is 0.295. The summed E-state index contributed by atoms with van der Waals surface area (Å²) in [5.74, 6) is 3.79. The van der Waals surface area contributed by atoms with E-state index in [1.165, 1.54) is 25.1 Å². The van der Waals surface area contributed by atoms with E-state index >= 15 is 0 Å². The van der Waals surface area contributed by atoms with E-state index in [2.05, 4.69) is 57.8 Å². The van der Waals surface area contributed by atoms with E-state index in [1.807, 2.05) is 0 Å². The first-order chi connectivity index (χ1) is 9.74. The van der Waals surface area contributed by atoms with Crippen LogP contribution in [0.1, 0.15) is 58.1 Å². The van der Waals surface area contributed by atoms with Crippen LogP contribution in [-0.2, 0) is 13.1 Å². The minimum Gasteiger partial charge on any atom is -0.465 e. The van der Waals surface area contributed by atoms with Gasteiger partial charge in [0.25, 0.3) is 0 Å². The molecule has 1 fully saturated rings. The summed E-state index contributed by atoms with van der Waals surface area (Å²) in [7, 11) is 0. The summed E-state index contributed by atoms with van der Waals surface area (Å²) in [6, 6.07) is 2.23. The highest BCUT2D eigenvalue weighted by Gasteiger charge is 2.25. The Labute approximate surface area is 130 Å². The van der Waals surface area contributed by atoms with Gasteiger partial charge in [-0.1, -0.05) is 13.8 Å². The second-order valence-corrected chi connectivity index (χ2v) is 7.93. The van der Waals surface area contributed by atoms with E-state index in [1.54, 1.807) is 0 Å². The van der Waals surface area contributed by atoms with Crippen molar-refractivity contribution in [1.29, 1.82) is 0 Å². The fraction of sp³-hybridized carbons (Fsp3) is 0.778. The zero-order valence-electron chi connectivity index (χ0n) is 14.6. The van der Waals surface area contributed by atoms with Gasteiger partial charge in [-0.25, -0.2) is 0 Å². The highest BCUT2D eigenvalue weighted by atomic mass is 16.3. The van der Waals surface area contributed by atoms with Gasteiger partial charge >= 0.3 is 0 Å². The Hall–Kier alpha value is -0.800. The van der Waals surface area contributed by atoms with Crippen LogP contribution in [0.25, 0.3) is 0 Å². The molecule has 21 heavy (non-hydrogen) atoms. The maximum absolute atomic E-state index is 5.91. The highest BCUT2D eigenvalue weighted by Crippen LogP contribution is 2.26. The third-order valence-electron chi connectivity index (χ3n) is 4.51. The molecule has 1 aliphatic heterocycles. The first-order valence-corrected chi connectivity index (χ1v) is 8.30. The minimum absolute atomic E-state index is 0.125. The van der Waals surface area contributed by atoms with Crippen molar-refractivity contribution < 1.29 is 4.42 Å². The summed E-state index contributed by atoms with van der Waals surface area (Å²) in [5.41, 5.74) is 1.48. The molecule has 1 unspecified atom stereocenters. The fourth-order valence-electron chi connectivity index (χ4n) is 2.98. The average molecular weight is 292 g/mol. The Morgan fingerprint density at radius 1 is 1.38 bits per heavy atom. The molecule has 2 rings (SSSR count). The van der Waals surface area contributed by atoms with Crippen molar-refractivity contribution in [2.75, 3.05) is 13.1 Å². The first-order valence-electron chi connectivity index (χ1n) is 8.30. The summed E-state index contributed by atoms with van der Waals surface area (Å²) < 4.78 is 5.91. The van der Waals surface area contributed by atoms with Crippen molar-refractivity contribution in [3.8, 4) is 0 Å². The summed E-state index contributed by atoms with van der Waals surface area (Å²) in [6.07, 6.45) is 1.34. The van der Waals surface area contributed by atoms with E-state index in [-0.39, 0.29) is 5.54 Å². The second-order valence-electron chi connectivity index (χ2n) is 7.93. The van der Waals surface area contributed by atoms with Crippen molar-refractivity contribution in [3.05, 3.63) is 23.2 Å². The number of rotatable bonds is 5. The number of furan rings is 1. The first kappa shape index (κ1) is 16.6. The maximum atomic E-state index is 5.91. The van der Waals surface area contributed by atoms with Gasteiger partial charge in [0.1, 0.15) is 11.5 Å². The molecule has 3 nitrogen and oxygen atoms in total. The lowest BCUT2D eigenvalue weighted by atomic mass is 9.95. The van der Waals surface area contributed by atoms with Crippen molar-refractivity contribution in [2.45, 2.75) is 66.6 Å². The van der Waals surface area contributed by atoms with E-state index in [0.717, 1.165) is 36.4 Å². The molecule has 0 bridgehead atoms. The van der Waals surface area contributed by atoms with Crippen LogP contribution in [0, 0.1) is 18.8 Å². The lowest BCUT2D eigenvalue weighted by Gasteiger charge is -2.19. The van der Waals surface area contributed by atoms with Crippen LogP contribution in [-0.4, -0.2) is 23.5 Å². The topological polar surface area (TPSA) is 28.4 Å². The minimum atomic E-state index is 0.125. The average Bonchev–Trinajstić information content (AvgIpc) is 2.95. The van der Waals surface area contributed by atoms with Gasteiger partial charge in [0, 0.05) is 24.2 Å². The number of nitrogens with zero attached hydrogens (tertiary/aromatic N) is 1. The molecule has 1 aromatic heterocycles. The molecule has 1 aliphatic rings. The monoisotopic (exact) mass is 292 g/mol. The van der Waals surface area contributed by atoms with Crippen LogP contribution in [0.2, 0.25) is 0 Å². The van der Waals surface area contributed by atoms with E-state index in [4.69, 9.17) is 4.42 Å². The molecule has 1 N–H and O–H groups in total. The summed E-state index contributed by atoms with van der Waals surface area (Å²) in [5, 5.41) is 3.49. The van der Waals surface area contributed by atoms with Gasteiger partial charge in [-0.05, 0) is 58.6 Å². The van der Waals surface area contributed by atoms with Gasteiger partial charge in [0.15, 0.2) is 0 Å². The van der Waals surface area contributed by atoms with Crippen LogP contribution >= 0.6 is 0 Å². The Bertz CT molecular complexity index is 456. The Kier molecular flexibility index (Phi) is 5.15. The number of hydrogen-bond donors (Lipinski definition) is 1. The number of nitrogens with one attached hydrogen (secondary N) is 1. The molecule has 2 heterocycles. The maximum Gasteiger partial charge on any atom is 0.118 e. The molecule has 1 aromatic rings. The van der Waals surface area contributed by atoms with Gasteiger partial charge < -0.3 is 9.73 Å². The van der Waals surface area contributed by atoms with Gasteiger partial charge in [-0.3, -0.25) is 4.90 Å². The van der Waals surface area contributed by atoms with Crippen LogP contribution in [0.4, 0.5) is 0 Å². The molecule has 120 valence electrons. The van der Waals surface area contributed by atoms with Crippen molar-refractivity contribution in [2.24, 2.45) is 11.8 Å². The molecule has 3 heteroatoms. The highest BCUT2D eigenvalue weighted by molar-refractivity contribution is 5.21. The molecule has 1 saturated heterocycles. The van der Waals surface area contributed by atoms with Gasteiger partial charge in [-0.15, -0.1) is 0 Å². The largest absolute Gasteiger partial charge is 0.465 e. The van der Waals surface area contributed by atoms with Gasteiger partial charge in [0.05, 0.1) is 6.54 Å². The molecule has 0 aromatic carbocycles. The SMILES string of the molecule is Cc1oc(CNC(C)(C)C)cc1CN1CCC(C(C)C)C1. The van der Waals surface area contributed by atoms with Crippen molar-refractivity contribution in [3.63, 3.8) is 0 Å². The summed E-state index contributed by atoms with van der Waals surface area (Å²) in [6.45, 7) is 17.6. The predicted molar refractivity (Wildman–Crippen MR) is 88.3 cm³/mol. The summed E-state index contributed by atoms with van der Waals surface area (Å²) in [4.78, 5) is 2.57. The predicted octanol–water partition coefficient (Wildman–Crippen LogP) is 3.95. The van der Waals surface area contributed by atoms with Gasteiger partial charge in [-0.2, -0.15) is 0 Å². The van der Waals surface area contributed by atoms with Crippen molar-refractivity contribution in [1.82, 2.24) is 10.2 Å². The van der Waals surface area contributed by atoms with Crippen LogP contribution in [0.15, 0.2) is 10.5 Å². The smallest absolute Gasteiger partial charge is 0.118 e. The Morgan fingerprint density at radius 2 is 2.10 bits per heavy atom. The molecular formula is C18H32N2O. The van der Waals surface area contributed by atoms with Gasteiger partial charge in [0.2, 0.25) is 0 Å². The fourth-order valence-corrected chi connectivity index (χ4v) is 2.98. The standard InChI is InChI=1S/C18H32N2O/c1-13(2)15-7-8-20(11-15)12-16-9-17(21-14(16)3)10-19-18(4,5)6/h9,13,15,19H,7-8,10-12H2,1-6H3. The third kappa shape index (κ3) is 4.86. The normalized spacial score (nSPS) is 20.6. The van der Waals surface area contributed by atoms with E-state index in [0.29, 0.717) is 0 Å². The third-order valence-corrected chi connectivity index (χ3v) is 4.51.